The van der Waals surface area contributed by atoms with Gasteiger partial charge in [0.15, 0.2) is 0 Å². The molecule has 0 aromatic heterocycles. The Morgan fingerprint density at radius 1 is 0.882 bits per heavy atom. The quantitative estimate of drug-likeness (QED) is 0.454. The van der Waals surface area contributed by atoms with Gasteiger partial charge in [0.1, 0.15) is 0 Å². The van der Waals surface area contributed by atoms with E-state index >= 15 is 0 Å². The summed E-state index contributed by atoms with van der Waals surface area (Å²) in [6.07, 6.45) is 8.66. The molecule has 0 aliphatic rings. The SMILES string of the molecule is CC(=O)NCCCNCCCCCCCCN. The summed E-state index contributed by atoms with van der Waals surface area (Å²) in [5, 5.41) is 6.18. The molecule has 0 aliphatic heterocycles. The maximum absolute atomic E-state index is 10.6. The van der Waals surface area contributed by atoms with Crippen LogP contribution in [-0.2, 0) is 4.79 Å². The number of nitrogens with two attached hydrogens (primary N) is 1. The molecule has 0 saturated carbocycles. The lowest BCUT2D eigenvalue weighted by Crippen LogP contribution is -2.25. The highest BCUT2D eigenvalue weighted by Gasteiger charge is 1.92. The Bertz CT molecular complexity index is 174. The molecule has 0 spiro atoms. The molecule has 0 fully saturated rings. The van der Waals surface area contributed by atoms with E-state index in [2.05, 4.69) is 10.6 Å². The third-order valence-corrected chi connectivity index (χ3v) is 2.71. The summed E-state index contributed by atoms with van der Waals surface area (Å²) in [6.45, 7) is 5.25. The number of amides is 1. The molecule has 0 radical (unpaired) electrons. The highest BCUT2D eigenvalue weighted by Crippen LogP contribution is 2.03. The summed E-state index contributed by atoms with van der Waals surface area (Å²) in [7, 11) is 0. The number of carbonyl (C=O) groups is 1. The first kappa shape index (κ1) is 16.4. The lowest BCUT2D eigenvalue weighted by atomic mass is 10.1. The summed E-state index contributed by atoms with van der Waals surface area (Å²) in [5.41, 5.74) is 5.43. The zero-order valence-corrected chi connectivity index (χ0v) is 11.3. The Balaban J connectivity index is 2.91. The van der Waals surface area contributed by atoms with E-state index in [0.717, 1.165) is 32.6 Å². The van der Waals surface area contributed by atoms with Crippen molar-refractivity contribution in [1.29, 1.82) is 0 Å². The number of rotatable bonds is 12. The van der Waals surface area contributed by atoms with Gasteiger partial charge in [-0.3, -0.25) is 4.79 Å². The predicted octanol–water partition coefficient (Wildman–Crippen LogP) is 1.40. The first-order valence-electron chi connectivity index (χ1n) is 6.92. The van der Waals surface area contributed by atoms with Crippen LogP contribution < -0.4 is 16.4 Å². The molecule has 0 aromatic rings. The molecule has 0 atom stereocenters. The second-order valence-corrected chi connectivity index (χ2v) is 4.50. The Kier molecular flexibility index (Phi) is 13.0. The fourth-order valence-electron chi connectivity index (χ4n) is 1.70. The van der Waals surface area contributed by atoms with Crippen LogP contribution in [0.25, 0.3) is 0 Å². The van der Waals surface area contributed by atoms with Crippen LogP contribution >= 0.6 is 0 Å². The zero-order valence-electron chi connectivity index (χ0n) is 11.3. The monoisotopic (exact) mass is 243 g/mol. The van der Waals surface area contributed by atoms with Crippen LogP contribution in [-0.4, -0.2) is 32.1 Å². The minimum atomic E-state index is 0.0579. The number of hydrogen-bond acceptors (Lipinski definition) is 3. The van der Waals surface area contributed by atoms with Crippen LogP contribution in [0.1, 0.15) is 51.9 Å². The van der Waals surface area contributed by atoms with Crippen molar-refractivity contribution in [2.75, 3.05) is 26.2 Å². The summed E-state index contributed by atoms with van der Waals surface area (Å²) >= 11 is 0. The Hall–Kier alpha value is -0.610. The maximum Gasteiger partial charge on any atom is 0.216 e. The highest BCUT2D eigenvalue weighted by atomic mass is 16.1. The molecule has 0 saturated heterocycles. The highest BCUT2D eigenvalue weighted by molar-refractivity contribution is 5.72. The molecular weight excluding hydrogens is 214 g/mol. The van der Waals surface area contributed by atoms with Gasteiger partial charge in [-0.05, 0) is 38.9 Å². The fraction of sp³-hybridized carbons (Fsp3) is 0.923. The van der Waals surface area contributed by atoms with Gasteiger partial charge in [-0.25, -0.2) is 0 Å². The van der Waals surface area contributed by atoms with Gasteiger partial charge in [0.2, 0.25) is 5.91 Å². The zero-order chi connectivity index (χ0) is 12.8. The van der Waals surface area contributed by atoms with Gasteiger partial charge in [-0.2, -0.15) is 0 Å². The first-order valence-corrected chi connectivity index (χ1v) is 6.92. The van der Waals surface area contributed by atoms with E-state index < -0.39 is 0 Å². The van der Waals surface area contributed by atoms with Crippen molar-refractivity contribution in [3.8, 4) is 0 Å². The maximum atomic E-state index is 10.6. The smallest absolute Gasteiger partial charge is 0.216 e. The molecule has 0 aromatic carbocycles. The van der Waals surface area contributed by atoms with Crippen LogP contribution in [0.15, 0.2) is 0 Å². The predicted molar refractivity (Wildman–Crippen MR) is 72.9 cm³/mol. The van der Waals surface area contributed by atoms with Gasteiger partial charge in [0.05, 0.1) is 0 Å². The van der Waals surface area contributed by atoms with Crippen molar-refractivity contribution in [1.82, 2.24) is 10.6 Å². The molecule has 1 amide bonds. The van der Waals surface area contributed by atoms with E-state index in [1.165, 1.54) is 38.5 Å². The normalized spacial score (nSPS) is 10.5. The largest absolute Gasteiger partial charge is 0.356 e. The molecule has 0 unspecified atom stereocenters. The van der Waals surface area contributed by atoms with Crippen LogP contribution in [0.3, 0.4) is 0 Å². The molecule has 0 aliphatic carbocycles. The van der Waals surface area contributed by atoms with Crippen LogP contribution in [0, 0.1) is 0 Å². The molecule has 17 heavy (non-hydrogen) atoms. The van der Waals surface area contributed by atoms with Crippen molar-refractivity contribution in [2.24, 2.45) is 5.73 Å². The molecule has 0 heterocycles. The molecule has 0 rings (SSSR count). The second-order valence-electron chi connectivity index (χ2n) is 4.50. The minimum Gasteiger partial charge on any atom is -0.356 e. The van der Waals surface area contributed by atoms with Gasteiger partial charge in [-0.15, -0.1) is 0 Å². The number of unbranched alkanes of at least 4 members (excludes halogenated alkanes) is 5. The van der Waals surface area contributed by atoms with E-state index in [1.807, 2.05) is 0 Å². The van der Waals surface area contributed by atoms with Crippen LogP contribution in [0.4, 0.5) is 0 Å². The third-order valence-electron chi connectivity index (χ3n) is 2.71. The van der Waals surface area contributed by atoms with Gasteiger partial charge in [0.25, 0.3) is 0 Å². The van der Waals surface area contributed by atoms with E-state index in [0.29, 0.717) is 0 Å². The number of nitrogens with one attached hydrogen (secondary N) is 2. The Morgan fingerprint density at radius 2 is 1.47 bits per heavy atom. The molecule has 0 bridgehead atoms. The Labute approximate surface area is 106 Å². The topological polar surface area (TPSA) is 67.2 Å². The molecular formula is C13H29N3O. The second kappa shape index (κ2) is 13.5. The summed E-state index contributed by atoms with van der Waals surface area (Å²) in [4.78, 5) is 10.6. The van der Waals surface area contributed by atoms with E-state index in [9.17, 15) is 4.79 Å². The van der Waals surface area contributed by atoms with E-state index in [-0.39, 0.29) is 5.91 Å². The molecule has 4 nitrogen and oxygen atoms in total. The first-order chi connectivity index (χ1) is 8.27. The third kappa shape index (κ3) is 15.4. The molecule has 102 valence electrons. The number of hydrogen-bond donors (Lipinski definition) is 3. The van der Waals surface area contributed by atoms with Gasteiger partial charge < -0.3 is 16.4 Å². The molecule has 4 N–H and O–H groups in total. The van der Waals surface area contributed by atoms with Crippen LogP contribution in [0.5, 0.6) is 0 Å². The fourth-order valence-corrected chi connectivity index (χ4v) is 1.70. The van der Waals surface area contributed by atoms with Crippen molar-refractivity contribution in [3.05, 3.63) is 0 Å². The van der Waals surface area contributed by atoms with Gasteiger partial charge in [-0.1, -0.05) is 25.7 Å². The Morgan fingerprint density at radius 3 is 2.12 bits per heavy atom. The van der Waals surface area contributed by atoms with Crippen molar-refractivity contribution < 1.29 is 4.79 Å². The average Bonchev–Trinajstić information content (AvgIpc) is 2.30. The lowest BCUT2D eigenvalue weighted by molar-refractivity contribution is -0.118. The lowest BCUT2D eigenvalue weighted by Gasteiger charge is -2.05. The standard InChI is InChI=1S/C13H29N3O/c1-13(17)16-12-8-11-15-10-7-5-3-2-4-6-9-14/h15H,2-12,14H2,1H3,(H,16,17). The van der Waals surface area contributed by atoms with Crippen molar-refractivity contribution in [2.45, 2.75) is 51.9 Å². The van der Waals surface area contributed by atoms with Crippen molar-refractivity contribution >= 4 is 5.91 Å². The van der Waals surface area contributed by atoms with Gasteiger partial charge >= 0.3 is 0 Å². The van der Waals surface area contributed by atoms with E-state index in [1.54, 1.807) is 6.92 Å². The summed E-state index contributed by atoms with van der Waals surface area (Å²) in [6, 6.07) is 0. The summed E-state index contributed by atoms with van der Waals surface area (Å²) in [5.74, 6) is 0.0579. The van der Waals surface area contributed by atoms with Gasteiger partial charge in [0, 0.05) is 13.5 Å². The van der Waals surface area contributed by atoms with Crippen molar-refractivity contribution in [3.63, 3.8) is 0 Å². The number of carbonyl (C=O) groups excluding carboxylic acids is 1. The summed E-state index contributed by atoms with van der Waals surface area (Å²) < 4.78 is 0. The molecule has 4 heteroatoms. The van der Waals surface area contributed by atoms with Crippen LogP contribution in [0.2, 0.25) is 0 Å². The average molecular weight is 243 g/mol. The minimum absolute atomic E-state index is 0.0579. The van der Waals surface area contributed by atoms with E-state index in [4.69, 9.17) is 5.73 Å².